The molecule has 1 aliphatic carbocycles. The van der Waals surface area contributed by atoms with E-state index in [0.29, 0.717) is 19.6 Å². The molecule has 5 heteroatoms. The number of carbonyl (C=O) groups is 2. The number of hydrogen-bond acceptors (Lipinski definition) is 3. The highest BCUT2D eigenvalue weighted by Gasteiger charge is 2.29. The van der Waals surface area contributed by atoms with Crippen molar-refractivity contribution in [2.24, 2.45) is 17.6 Å². The molecule has 0 bridgehead atoms. The predicted octanol–water partition coefficient (Wildman–Crippen LogP) is 0.00380. The molecule has 0 aromatic heterocycles. The minimum absolute atomic E-state index is 0.00461. The van der Waals surface area contributed by atoms with Crippen LogP contribution in [-0.2, 0) is 9.59 Å². The zero-order valence-electron chi connectivity index (χ0n) is 10.5. The quantitative estimate of drug-likeness (QED) is 0.523. The van der Waals surface area contributed by atoms with Gasteiger partial charge in [0.1, 0.15) is 0 Å². The van der Waals surface area contributed by atoms with Gasteiger partial charge in [-0.15, -0.1) is 0 Å². The van der Waals surface area contributed by atoms with Crippen LogP contribution in [0.15, 0.2) is 0 Å². The van der Waals surface area contributed by atoms with E-state index in [1.165, 1.54) is 0 Å². The molecule has 2 amide bonds. The average molecular weight is 241 g/mol. The Bertz CT molecular complexity index is 264. The maximum atomic E-state index is 11.7. The third-order valence-corrected chi connectivity index (χ3v) is 2.96. The molecular formula is C12H23N3O2. The van der Waals surface area contributed by atoms with Gasteiger partial charge in [0.05, 0.1) is 5.92 Å². The Kier molecular flexibility index (Phi) is 5.97. The molecule has 1 atom stereocenters. The van der Waals surface area contributed by atoms with E-state index in [1.807, 2.05) is 6.92 Å². The molecule has 17 heavy (non-hydrogen) atoms. The highest BCUT2D eigenvalue weighted by Crippen LogP contribution is 2.28. The maximum absolute atomic E-state index is 11.7. The zero-order chi connectivity index (χ0) is 12.7. The average Bonchev–Trinajstić information content (AvgIpc) is 3.15. The van der Waals surface area contributed by atoms with Crippen molar-refractivity contribution < 1.29 is 9.59 Å². The van der Waals surface area contributed by atoms with Crippen molar-refractivity contribution in [3.8, 4) is 0 Å². The number of nitrogens with one attached hydrogen (secondary N) is 2. The van der Waals surface area contributed by atoms with Crippen LogP contribution in [0.5, 0.6) is 0 Å². The fourth-order valence-electron chi connectivity index (χ4n) is 1.71. The summed E-state index contributed by atoms with van der Waals surface area (Å²) in [6.45, 7) is 3.40. The molecule has 0 saturated heterocycles. The van der Waals surface area contributed by atoms with Crippen LogP contribution < -0.4 is 16.4 Å². The van der Waals surface area contributed by atoms with Gasteiger partial charge in [0, 0.05) is 25.6 Å². The monoisotopic (exact) mass is 241 g/mol. The van der Waals surface area contributed by atoms with Crippen molar-refractivity contribution >= 4 is 11.8 Å². The Balaban J connectivity index is 2.07. The Morgan fingerprint density at radius 2 is 1.94 bits per heavy atom. The van der Waals surface area contributed by atoms with E-state index < -0.39 is 0 Å². The molecular weight excluding hydrogens is 218 g/mol. The summed E-state index contributed by atoms with van der Waals surface area (Å²) in [5.74, 6) is 0.236. The standard InChI is InChI=1S/C12H23N3O2/c1-2-3-10(8-13)12(17)15-7-6-14-11(16)9-4-5-9/h9-10H,2-8,13H2,1H3,(H,14,16)(H,15,17). The number of amides is 2. The summed E-state index contributed by atoms with van der Waals surface area (Å²) in [6, 6.07) is 0. The summed E-state index contributed by atoms with van der Waals surface area (Å²) in [4.78, 5) is 23.0. The molecule has 1 saturated carbocycles. The summed E-state index contributed by atoms with van der Waals surface area (Å²) in [5, 5.41) is 5.60. The van der Waals surface area contributed by atoms with Crippen molar-refractivity contribution in [3.05, 3.63) is 0 Å². The summed E-state index contributed by atoms with van der Waals surface area (Å²) in [6.07, 6.45) is 3.78. The number of hydrogen-bond donors (Lipinski definition) is 3. The van der Waals surface area contributed by atoms with Gasteiger partial charge in [0.25, 0.3) is 0 Å². The molecule has 1 unspecified atom stereocenters. The van der Waals surface area contributed by atoms with Gasteiger partial charge in [-0.05, 0) is 19.3 Å². The van der Waals surface area contributed by atoms with Gasteiger partial charge in [-0.3, -0.25) is 9.59 Å². The fraction of sp³-hybridized carbons (Fsp3) is 0.833. The fourth-order valence-corrected chi connectivity index (χ4v) is 1.71. The first-order valence-electron chi connectivity index (χ1n) is 6.44. The van der Waals surface area contributed by atoms with Gasteiger partial charge in [-0.1, -0.05) is 13.3 Å². The zero-order valence-corrected chi connectivity index (χ0v) is 10.5. The minimum atomic E-state index is -0.0980. The van der Waals surface area contributed by atoms with E-state index >= 15 is 0 Å². The molecule has 1 rings (SSSR count). The van der Waals surface area contributed by atoms with Crippen LogP contribution >= 0.6 is 0 Å². The number of carbonyl (C=O) groups excluding carboxylic acids is 2. The smallest absolute Gasteiger partial charge is 0.224 e. The van der Waals surface area contributed by atoms with Crippen molar-refractivity contribution in [1.29, 1.82) is 0 Å². The first-order chi connectivity index (χ1) is 8.19. The SMILES string of the molecule is CCCC(CN)C(=O)NCCNC(=O)C1CC1. The van der Waals surface area contributed by atoms with Gasteiger partial charge in [-0.25, -0.2) is 0 Å². The second-order valence-electron chi connectivity index (χ2n) is 4.58. The normalized spacial score (nSPS) is 16.4. The minimum Gasteiger partial charge on any atom is -0.354 e. The molecule has 0 aromatic carbocycles. The lowest BCUT2D eigenvalue weighted by Crippen LogP contribution is -2.39. The van der Waals surface area contributed by atoms with Gasteiger partial charge < -0.3 is 16.4 Å². The second kappa shape index (κ2) is 7.27. The summed E-state index contributed by atoms with van der Waals surface area (Å²) < 4.78 is 0. The molecule has 0 heterocycles. The molecule has 4 N–H and O–H groups in total. The highest BCUT2D eigenvalue weighted by atomic mass is 16.2. The van der Waals surface area contributed by atoms with E-state index in [1.54, 1.807) is 0 Å². The van der Waals surface area contributed by atoms with Crippen molar-refractivity contribution in [3.63, 3.8) is 0 Å². The Labute approximate surface area is 103 Å². The van der Waals surface area contributed by atoms with Crippen molar-refractivity contribution in [2.45, 2.75) is 32.6 Å². The van der Waals surface area contributed by atoms with E-state index in [0.717, 1.165) is 25.7 Å². The lowest BCUT2D eigenvalue weighted by molar-refractivity contribution is -0.125. The first-order valence-corrected chi connectivity index (χ1v) is 6.44. The van der Waals surface area contributed by atoms with E-state index in [2.05, 4.69) is 10.6 Å². The van der Waals surface area contributed by atoms with Crippen LogP contribution in [0.3, 0.4) is 0 Å². The lowest BCUT2D eigenvalue weighted by Gasteiger charge is -2.14. The molecule has 98 valence electrons. The lowest BCUT2D eigenvalue weighted by atomic mass is 10.0. The second-order valence-corrected chi connectivity index (χ2v) is 4.58. The van der Waals surface area contributed by atoms with E-state index in [9.17, 15) is 9.59 Å². The first kappa shape index (κ1) is 14.0. The molecule has 0 aliphatic heterocycles. The largest absolute Gasteiger partial charge is 0.354 e. The number of nitrogens with two attached hydrogens (primary N) is 1. The predicted molar refractivity (Wildman–Crippen MR) is 66.2 cm³/mol. The van der Waals surface area contributed by atoms with E-state index in [4.69, 9.17) is 5.73 Å². The molecule has 0 radical (unpaired) electrons. The van der Waals surface area contributed by atoms with Gasteiger partial charge in [0.15, 0.2) is 0 Å². The number of rotatable bonds is 8. The van der Waals surface area contributed by atoms with Crippen LogP contribution in [0.4, 0.5) is 0 Å². The van der Waals surface area contributed by atoms with Gasteiger partial charge in [-0.2, -0.15) is 0 Å². The Morgan fingerprint density at radius 3 is 2.47 bits per heavy atom. The van der Waals surface area contributed by atoms with E-state index in [-0.39, 0.29) is 23.7 Å². The molecule has 0 spiro atoms. The molecule has 1 aliphatic rings. The third-order valence-electron chi connectivity index (χ3n) is 2.96. The van der Waals surface area contributed by atoms with Crippen LogP contribution in [0.1, 0.15) is 32.6 Å². The summed E-state index contributed by atoms with van der Waals surface area (Å²) >= 11 is 0. The van der Waals surface area contributed by atoms with Gasteiger partial charge in [0.2, 0.25) is 11.8 Å². The maximum Gasteiger partial charge on any atom is 0.224 e. The Hall–Kier alpha value is -1.10. The Morgan fingerprint density at radius 1 is 1.29 bits per heavy atom. The van der Waals surface area contributed by atoms with Crippen LogP contribution in [-0.4, -0.2) is 31.4 Å². The van der Waals surface area contributed by atoms with Crippen molar-refractivity contribution in [1.82, 2.24) is 10.6 Å². The molecule has 0 aromatic rings. The highest BCUT2D eigenvalue weighted by molar-refractivity contribution is 5.81. The summed E-state index contributed by atoms with van der Waals surface area (Å²) in [7, 11) is 0. The topological polar surface area (TPSA) is 84.2 Å². The summed E-state index contributed by atoms with van der Waals surface area (Å²) in [5.41, 5.74) is 5.53. The van der Waals surface area contributed by atoms with Crippen LogP contribution in [0.2, 0.25) is 0 Å². The van der Waals surface area contributed by atoms with Crippen LogP contribution in [0.25, 0.3) is 0 Å². The molecule has 5 nitrogen and oxygen atoms in total. The molecule has 1 fully saturated rings. The van der Waals surface area contributed by atoms with Crippen molar-refractivity contribution in [2.75, 3.05) is 19.6 Å². The van der Waals surface area contributed by atoms with Gasteiger partial charge >= 0.3 is 0 Å². The third kappa shape index (κ3) is 5.17. The van der Waals surface area contributed by atoms with Crippen LogP contribution in [0, 0.1) is 11.8 Å².